The Kier molecular flexibility index (Phi) is 7.52. The molecule has 1 aromatic rings. The minimum atomic E-state index is -4.07. The van der Waals surface area contributed by atoms with Crippen molar-refractivity contribution >= 4 is 33.4 Å². The third kappa shape index (κ3) is 5.11. The summed E-state index contributed by atoms with van der Waals surface area (Å²) in [4.78, 5) is 41.6. The van der Waals surface area contributed by atoms with Gasteiger partial charge in [-0.1, -0.05) is 6.07 Å². The molecule has 0 aliphatic carbocycles. The summed E-state index contributed by atoms with van der Waals surface area (Å²) in [7, 11) is -4.07. The van der Waals surface area contributed by atoms with Gasteiger partial charge in [-0.25, -0.2) is 8.42 Å². The molecule has 3 rings (SSSR count). The SMILES string of the molecule is CC(=O)N1CCCN(C(=O)[C@H](CN)NS(=O)(=O)c2cccc(N3CCCC3=O)c2C)CC1. The summed E-state index contributed by atoms with van der Waals surface area (Å²) in [5.74, 6) is -0.501. The first-order valence-corrected chi connectivity index (χ1v) is 12.3. The van der Waals surface area contributed by atoms with Crippen LogP contribution in [0.15, 0.2) is 23.1 Å². The van der Waals surface area contributed by atoms with Crippen molar-refractivity contribution in [2.45, 2.75) is 44.0 Å². The highest BCUT2D eigenvalue weighted by Gasteiger charge is 2.32. The monoisotopic (exact) mass is 465 g/mol. The number of nitrogens with zero attached hydrogens (tertiary/aromatic N) is 3. The minimum Gasteiger partial charge on any atom is -0.341 e. The zero-order valence-corrected chi connectivity index (χ0v) is 19.4. The van der Waals surface area contributed by atoms with Crippen molar-refractivity contribution in [3.63, 3.8) is 0 Å². The summed E-state index contributed by atoms with van der Waals surface area (Å²) < 4.78 is 28.8. The van der Waals surface area contributed by atoms with Crippen molar-refractivity contribution < 1.29 is 22.8 Å². The molecule has 0 radical (unpaired) electrons. The van der Waals surface area contributed by atoms with Crippen LogP contribution < -0.4 is 15.4 Å². The second-order valence-corrected chi connectivity index (χ2v) is 9.83. The number of sulfonamides is 1. The molecule has 2 aliphatic heterocycles. The number of rotatable bonds is 6. The third-order valence-corrected chi connectivity index (χ3v) is 7.61. The Bertz CT molecular complexity index is 996. The van der Waals surface area contributed by atoms with Crippen LogP contribution in [0.2, 0.25) is 0 Å². The normalized spacial score (nSPS) is 18.6. The highest BCUT2D eigenvalue weighted by molar-refractivity contribution is 7.89. The van der Waals surface area contributed by atoms with E-state index in [1.807, 2.05) is 0 Å². The Morgan fingerprint density at radius 3 is 2.41 bits per heavy atom. The lowest BCUT2D eigenvalue weighted by atomic mass is 10.2. The zero-order valence-electron chi connectivity index (χ0n) is 18.5. The molecule has 3 N–H and O–H groups in total. The largest absolute Gasteiger partial charge is 0.341 e. The molecule has 2 heterocycles. The summed E-state index contributed by atoms with van der Waals surface area (Å²) in [6.45, 7) is 5.19. The Labute approximate surface area is 188 Å². The predicted octanol–water partition coefficient (Wildman–Crippen LogP) is -0.192. The van der Waals surface area contributed by atoms with Crippen molar-refractivity contribution in [2.75, 3.05) is 44.2 Å². The second-order valence-electron chi connectivity index (χ2n) is 8.14. The van der Waals surface area contributed by atoms with Crippen molar-refractivity contribution in [1.29, 1.82) is 0 Å². The average molecular weight is 466 g/mol. The molecule has 2 aliphatic rings. The number of amides is 3. The van der Waals surface area contributed by atoms with Crippen molar-refractivity contribution in [3.8, 4) is 0 Å². The highest BCUT2D eigenvalue weighted by Crippen LogP contribution is 2.29. The average Bonchev–Trinajstić information content (AvgIpc) is 3.02. The molecular weight excluding hydrogens is 434 g/mol. The van der Waals surface area contributed by atoms with Gasteiger partial charge in [0.2, 0.25) is 27.7 Å². The van der Waals surface area contributed by atoms with Crippen LogP contribution >= 0.6 is 0 Å². The fraction of sp³-hybridized carbons (Fsp3) is 0.571. The van der Waals surface area contributed by atoms with Crippen LogP contribution in [-0.4, -0.2) is 81.2 Å². The molecule has 176 valence electrons. The van der Waals surface area contributed by atoms with Crippen LogP contribution in [0.3, 0.4) is 0 Å². The zero-order chi connectivity index (χ0) is 23.5. The quantitative estimate of drug-likeness (QED) is 0.598. The number of hydrogen-bond donors (Lipinski definition) is 2. The van der Waals surface area contributed by atoms with E-state index in [4.69, 9.17) is 5.73 Å². The number of hydrogen-bond acceptors (Lipinski definition) is 6. The van der Waals surface area contributed by atoms with Crippen LogP contribution in [0.5, 0.6) is 0 Å². The summed E-state index contributed by atoms with van der Waals surface area (Å²) >= 11 is 0. The van der Waals surface area contributed by atoms with Gasteiger partial charge in [-0.05, 0) is 37.5 Å². The summed E-state index contributed by atoms with van der Waals surface area (Å²) in [6, 6.07) is 3.64. The Morgan fingerprint density at radius 1 is 1.09 bits per heavy atom. The van der Waals surface area contributed by atoms with E-state index >= 15 is 0 Å². The Hall–Kier alpha value is -2.50. The molecule has 0 bridgehead atoms. The van der Waals surface area contributed by atoms with E-state index in [-0.39, 0.29) is 23.3 Å². The Morgan fingerprint density at radius 2 is 1.78 bits per heavy atom. The van der Waals surface area contributed by atoms with Gasteiger partial charge in [0.15, 0.2) is 0 Å². The first-order valence-electron chi connectivity index (χ1n) is 10.8. The number of carbonyl (C=O) groups excluding carboxylic acids is 3. The predicted molar refractivity (Wildman–Crippen MR) is 119 cm³/mol. The van der Waals surface area contributed by atoms with Gasteiger partial charge in [-0.3, -0.25) is 14.4 Å². The van der Waals surface area contributed by atoms with Crippen LogP contribution in [-0.2, 0) is 24.4 Å². The smallest absolute Gasteiger partial charge is 0.242 e. The van der Waals surface area contributed by atoms with Crippen LogP contribution in [0.25, 0.3) is 0 Å². The summed E-state index contributed by atoms with van der Waals surface area (Å²) in [5.41, 5.74) is 6.78. The number of carbonyl (C=O) groups is 3. The second kappa shape index (κ2) is 9.97. The van der Waals surface area contributed by atoms with Crippen LogP contribution in [0.1, 0.15) is 31.7 Å². The standard InChI is InChI=1S/C21H31N5O5S/c1-15-18(26-11-4-8-20(26)28)6-3-7-19(15)32(30,31)23-17(14-22)21(29)25-10-5-9-24(12-13-25)16(2)27/h3,6-7,17,23H,4-5,8-14,22H2,1-2H3/t17-/m0/s1. The fourth-order valence-electron chi connectivity index (χ4n) is 4.21. The lowest BCUT2D eigenvalue weighted by Gasteiger charge is -2.26. The molecule has 0 unspecified atom stereocenters. The van der Waals surface area contributed by atoms with Crippen molar-refractivity contribution in [2.24, 2.45) is 5.73 Å². The number of anilines is 1. The van der Waals surface area contributed by atoms with Gasteiger partial charge < -0.3 is 20.4 Å². The van der Waals surface area contributed by atoms with E-state index < -0.39 is 22.0 Å². The molecule has 2 saturated heterocycles. The van der Waals surface area contributed by atoms with E-state index in [0.29, 0.717) is 56.8 Å². The lowest BCUT2D eigenvalue weighted by molar-refractivity contribution is -0.133. The maximum absolute atomic E-state index is 13.2. The lowest BCUT2D eigenvalue weighted by Crippen LogP contribution is -2.52. The first-order chi connectivity index (χ1) is 15.2. The maximum Gasteiger partial charge on any atom is 0.242 e. The molecule has 3 amide bonds. The maximum atomic E-state index is 13.2. The summed E-state index contributed by atoms with van der Waals surface area (Å²) in [5, 5.41) is 0. The molecule has 0 saturated carbocycles. The molecule has 2 fully saturated rings. The Balaban J connectivity index is 1.78. The van der Waals surface area contributed by atoms with Gasteiger partial charge in [0.05, 0.1) is 4.90 Å². The van der Waals surface area contributed by atoms with E-state index in [0.717, 1.165) is 6.42 Å². The van der Waals surface area contributed by atoms with Gasteiger partial charge in [0.1, 0.15) is 6.04 Å². The third-order valence-electron chi connectivity index (χ3n) is 5.99. The molecule has 0 aromatic heterocycles. The fourth-order valence-corrected chi connectivity index (χ4v) is 5.68. The summed E-state index contributed by atoms with van der Waals surface area (Å²) in [6.07, 6.45) is 1.78. The molecule has 32 heavy (non-hydrogen) atoms. The molecule has 10 nitrogen and oxygen atoms in total. The van der Waals surface area contributed by atoms with Gasteiger partial charge >= 0.3 is 0 Å². The van der Waals surface area contributed by atoms with Gasteiger partial charge in [-0.15, -0.1) is 0 Å². The number of nitrogens with one attached hydrogen (secondary N) is 1. The topological polar surface area (TPSA) is 133 Å². The van der Waals surface area contributed by atoms with Crippen molar-refractivity contribution in [1.82, 2.24) is 14.5 Å². The van der Waals surface area contributed by atoms with Crippen LogP contribution in [0, 0.1) is 6.92 Å². The molecule has 0 spiro atoms. The minimum absolute atomic E-state index is 0.0135. The van der Waals surface area contributed by atoms with Gasteiger partial charge in [-0.2, -0.15) is 4.72 Å². The highest BCUT2D eigenvalue weighted by atomic mass is 32.2. The van der Waals surface area contributed by atoms with E-state index in [1.165, 1.54) is 13.0 Å². The molecule has 1 aromatic carbocycles. The molecule has 1 atom stereocenters. The first kappa shape index (κ1) is 24.1. The van der Waals surface area contributed by atoms with Crippen LogP contribution in [0.4, 0.5) is 5.69 Å². The molecule has 11 heteroatoms. The number of nitrogens with two attached hydrogens (primary N) is 1. The van der Waals surface area contributed by atoms with E-state index in [9.17, 15) is 22.8 Å². The van der Waals surface area contributed by atoms with Gasteiger partial charge in [0, 0.05) is 58.3 Å². The molecular formula is C21H31N5O5S. The van der Waals surface area contributed by atoms with E-state index in [2.05, 4.69) is 4.72 Å². The van der Waals surface area contributed by atoms with Gasteiger partial charge in [0.25, 0.3) is 0 Å². The van der Waals surface area contributed by atoms with E-state index in [1.54, 1.807) is 33.8 Å². The van der Waals surface area contributed by atoms with Crippen molar-refractivity contribution in [3.05, 3.63) is 23.8 Å². The number of benzene rings is 1.